The number of fused-ring (bicyclic) bond motifs is 1. The number of halogens is 3. The van der Waals surface area contributed by atoms with Crippen molar-refractivity contribution in [2.75, 3.05) is 12.4 Å². The molecular formula is C14H18F3N3. The highest BCUT2D eigenvalue weighted by molar-refractivity contribution is 5.80. The molecule has 2 rings (SSSR count). The van der Waals surface area contributed by atoms with Gasteiger partial charge in [-0.15, -0.1) is 0 Å². The van der Waals surface area contributed by atoms with Gasteiger partial charge in [-0.1, -0.05) is 20.3 Å². The number of hydrogen-bond acceptors (Lipinski definition) is 2. The molecule has 0 saturated heterocycles. The fourth-order valence-corrected chi connectivity index (χ4v) is 2.13. The lowest BCUT2D eigenvalue weighted by atomic mass is 10.1. The molecule has 0 amide bonds. The number of nitrogens with one attached hydrogen (secondary N) is 1. The minimum absolute atomic E-state index is 0.164. The van der Waals surface area contributed by atoms with E-state index in [1.54, 1.807) is 25.2 Å². The lowest BCUT2D eigenvalue weighted by Gasteiger charge is -2.15. The molecule has 3 nitrogen and oxygen atoms in total. The third-order valence-electron chi connectivity index (χ3n) is 3.48. The molecule has 0 spiro atoms. The molecule has 110 valence electrons. The zero-order chi connectivity index (χ0) is 14.9. The lowest BCUT2D eigenvalue weighted by Crippen LogP contribution is -2.17. The van der Waals surface area contributed by atoms with Gasteiger partial charge in [0, 0.05) is 19.3 Å². The Morgan fingerprint density at radius 2 is 2.05 bits per heavy atom. The zero-order valence-corrected chi connectivity index (χ0v) is 11.8. The van der Waals surface area contributed by atoms with Crippen LogP contribution in [0.5, 0.6) is 0 Å². The highest BCUT2D eigenvalue weighted by Crippen LogP contribution is 2.33. The lowest BCUT2D eigenvalue weighted by molar-refractivity contribution is -0.147. The molecule has 2 aromatic rings. The Bertz CT molecular complexity index is 601. The molecule has 1 aromatic heterocycles. The second kappa shape index (κ2) is 5.34. The Kier molecular flexibility index (Phi) is 3.92. The summed E-state index contributed by atoms with van der Waals surface area (Å²) in [5, 5.41) is 2.91. The van der Waals surface area contributed by atoms with E-state index in [1.807, 2.05) is 13.8 Å². The van der Waals surface area contributed by atoms with E-state index in [2.05, 4.69) is 10.3 Å². The number of nitrogens with zero attached hydrogens (tertiary/aromatic N) is 2. The van der Waals surface area contributed by atoms with Crippen molar-refractivity contribution >= 4 is 16.7 Å². The van der Waals surface area contributed by atoms with E-state index in [-0.39, 0.29) is 5.92 Å². The summed E-state index contributed by atoms with van der Waals surface area (Å²) in [6, 6.07) is 5.08. The number of benzene rings is 1. The van der Waals surface area contributed by atoms with Crippen LogP contribution >= 0.6 is 0 Å². The van der Waals surface area contributed by atoms with Crippen LogP contribution in [0.25, 0.3) is 11.0 Å². The molecule has 1 unspecified atom stereocenters. The van der Waals surface area contributed by atoms with Crippen LogP contribution in [0.1, 0.15) is 26.1 Å². The van der Waals surface area contributed by atoms with Gasteiger partial charge in [0.2, 0.25) is 5.82 Å². The molecule has 0 fully saturated rings. The minimum atomic E-state index is -4.44. The normalized spacial score (nSPS) is 13.7. The highest BCUT2D eigenvalue weighted by Gasteiger charge is 2.37. The minimum Gasteiger partial charge on any atom is -0.388 e. The van der Waals surface area contributed by atoms with Crippen LogP contribution in [0.3, 0.4) is 0 Å². The molecular weight excluding hydrogens is 267 g/mol. The number of imidazole rings is 1. The van der Waals surface area contributed by atoms with Crippen LogP contribution in [-0.4, -0.2) is 16.6 Å². The molecule has 0 saturated carbocycles. The standard InChI is InChI=1S/C14H18F3N3/c1-4-9(2)8-20-12-6-5-10(18-3)7-11(12)19-13(20)14(15,16)17/h5-7,9,18H,4,8H2,1-3H3. The number of anilines is 1. The van der Waals surface area contributed by atoms with Gasteiger partial charge in [0.05, 0.1) is 11.0 Å². The van der Waals surface area contributed by atoms with E-state index in [9.17, 15) is 13.2 Å². The van der Waals surface area contributed by atoms with Gasteiger partial charge in [0.15, 0.2) is 0 Å². The maximum Gasteiger partial charge on any atom is 0.449 e. The first-order valence-electron chi connectivity index (χ1n) is 6.62. The van der Waals surface area contributed by atoms with Crippen molar-refractivity contribution in [2.45, 2.75) is 33.0 Å². The predicted molar refractivity (Wildman–Crippen MR) is 73.7 cm³/mol. The van der Waals surface area contributed by atoms with Gasteiger partial charge in [0.1, 0.15) is 0 Å². The Labute approximate surface area is 115 Å². The topological polar surface area (TPSA) is 29.9 Å². The molecule has 1 heterocycles. The van der Waals surface area contributed by atoms with Crippen molar-refractivity contribution in [3.05, 3.63) is 24.0 Å². The van der Waals surface area contributed by atoms with Crippen molar-refractivity contribution < 1.29 is 13.2 Å². The van der Waals surface area contributed by atoms with E-state index in [4.69, 9.17) is 0 Å². The van der Waals surface area contributed by atoms with Crippen LogP contribution in [0.15, 0.2) is 18.2 Å². The number of hydrogen-bond donors (Lipinski definition) is 1. The van der Waals surface area contributed by atoms with E-state index >= 15 is 0 Å². The van der Waals surface area contributed by atoms with E-state index in [0.717, 1.165) is 12.1 Å². The SMILES string of the molecule is CCC(C)Cn1c(C(F)(F)F)nc2cc(NC)ccc21. The third-order valence-corrected chi connectivity index (χ3v) is 3.48. The summed E-state index contributed by atoms with van der Waals surface area (Å²) in [5.41, 5.74) is 1.64. The fraction of sp³-hybridized carbons (Fsp3) is 0.500. The van der Waals surface area contributed by atoms with Crippen molar-refractivity contribution in [1.82, 2.24) is 9.55 Å². The molecule has 20 heavy (non-hydrogen) atoms. The van der Waals surface area contributed by atoms with Crippen LogP contribution in [0.2, 0.25) is 0 Å². The number of aromatic nitrogens is 2. The predicted octanol–water partition coefficient (Wildman–Crippen LogP) is 4.14. The summed E-state index contributed by atoms with van der Waals surface area (Å²) in [6.07, 6.45) is -3.61. The summed E-state index contributed by atoms with van der Waals surface area (Å²) >= 11 is 0. The van der Waals surface area contributed by atoms with Crippen molar-refractivity contribution in [3.8, 4) is 0 Å². The first kappa shape index (κ1) is 14.7. The van der Waals surface area contributed by atoms with Gasteiger partial charge in [-0.25, -0.2) is 4.98 Å². The molecule has 1 N–H and O–H groups in total. The van der Waals surface area contributed by atoms with Gasteiger partial charge in [-0.2, -0.15) is 13.2 Å². The maximum atomic E-state index is 13.1. The van der Waals surface area contributed by atoms with Crippen LogP contribution in [0.4, 0.5) is 18.9 Å². The number of rotatable bonds is 4. The molecule has 0 aliphatic carbocycles. The van der Waals surface area contributed by atoms with Gasteiger partial charge >= 0.3 is 6.18 Å². The molecule has 0 radical (unpaired) electrons. The average Bonchev–Trinajstić information content (AvgIpc) is 2.76. The highest BCUT2D eigenvalue weighted by atomic mass is 19.4. The largest absolute Gasteiger partial charge is 0.449 e. The molecule has 6 heteroatoms. The Morgan fingerprint density at radius 3 is 2.60 bits per heavy atom. The van der Waals surface area contributed by atoms with Crippen molar-refractivity contribution in [2.24, 2.45) is 5.92 Å². The second-order valence-corrected chi connectivity index (χ2v) is 5.01. The smallest absolute Gasteiger partial charge is 0.388 e. The first-order chi connectivity index (χ1) is 9.36. The van der Waals surface area contributed by atoms with Gasteiger partial charge in [-0.3, -0.25) is 0 Å². The fourth-order valence-electron chi connectivity index (χ4n) is 2.13. The first-order valence-corrected chi connectivity index (χ1v) is 6.62. The Hall–Kier alpha value is -1.72. The number of alkyl halides is 3. The van der Waals surface area contributed by atoms with Gasteiger partial charge in [-0.05, 0) is 24.1 Å². The molecule has 0 bridgehead atoms. The van der Waals surface area contributed by atoms with Crippen LogP contribution < -0.4 is 5.32 Å². The molecule has 1 atom stereocenters. The third kappa shape index (κ3) is 2.73. The Balaban J connectivity index is 2.60. The van der Waals surface area contributed by atoms with E-state index < -0.39 is 12.0 Å². The average molecular weight is 285 g/mol. The summed E-state index contributed by atoms with van der Waals surface area (Å²) in [5.74, 6) is -0.654. The molecule has 1 aromatic carbocycles. The summed E-state index contributed by atoms with van der Waals surface area (Å²) in [4.78, 5) is 3.78. The zero-order valence-electron chi connectivity index (χ0n) is 11.8. The summed E-state index contributed by atoms with van der Waals surface area (Å²) in [6.45, 7) is 4.23. The van der Waals surface area contributed by atoms with Gasteiger partial charge < -0.3 is 9.88 Å². The van der Waals surface area contributed by atoms with Crippen molar-refractivity contribution in [3.63, 3.8) is 0 Å². The quantitative estimate of drug-likeness (QED) is 0.914. The summed E-state index contributed by atoms with van der Waals surface area (Å²) < 4.78 is 40.7. The Morgan fingerprint density at radius 1 is 1.35 bits per heavy atom. The van der Waals surface area contributed by atoms with Crippen LogP contribution in [0, 0.1) is 5.92 Å². The van der Waals surface area contributed by atoms with Crippen molar-refractivity contribution in [1.29, 1.82) is 0 Å². The molecule has 0 aliphatic rings. The van der Waals surface area contributed by atoms with E-state index in [0.29, 0.717) is 17.6 Å². The van der Waals surface area contributed by atoms with Crippen LogP contribution in [-0.2, 0) is 12.7 Å². The maximum absolute atomic E-state index is 13.1. The van der Waals surface area contributed by atoms with Gasteiger partial charge in [0.25, 0.3) is 0 Å². The van der Waals surface area contributed by atoms with E-state index in [1.165, 1.54) is 4.57 Å². The molecule has 0 aliphatic heterocycles. The summed E-state index contributed by atoms with van der Waals surface area (Å²) in [7, 11) is 1.72. The monoisotopic (exact) mass is 285 g/mol. The second-order valence-electron chi connectivity index (χ2n) is 5.01.